The van der Waals surface area contributed by atoms with Gasteiger partial charge in [-0.3, -0.25) is 4.79 Å². The summed E-state index contributed by atoms with van der Waals surface area (Å²) in [5.74, 6) is 0.353. The van der Waals surface area contributed by atoms with Crippen LogP contribution in [0, 0.1) is 0 Å². The first kappa shape index (κ1) is 13.2. The largest absolute Gasteiger partial charge is 0.310 e. The number of ketones is 1. The molecule has 1 N–H and O–H groups in total. The standard InChI is InChI=1S/C5H9NO.2C2H6/c7-5-2-1-3-6-4-5;2*1-2/h6H,1-4H2;2*1-2H3. The highest BCUT2D eigenvalue weighted by Crippen LogP contribution is 1.92. The first-order valence-corrected chi connectivity index (χ1v) is 4.62. The molecule has 0 spiro atoms. The van der Waals surface area contributed by atoms with E-state index in [-0.39, 0.29) is 0 Å². The zero-order chi connectivity index (χ0) is 9.11. The molecule has 0 radical (unpaired) electrons. The van der Waals surface area contributed by atoms with E-state index in [1.165, 1.54) is 0 Å². The minimum absolute atomic E-state index is 0.353. The second-order valence-corrected chi connectivity index (χ2v) is 1.82. The molecule has 1 aliphatic rings. The SMILES string of the molecule is CC.CC.O=C1CCCNC1. The Morgan fingerprint density at radius 1 is 1.18 bits per heavy atom. The Balaban J connectivity index is 0. The van der Waals surface area contributed by atoms with Crippen molar-refractivity contribution >= 4 is 5.78 Å². The van der Waals surface area contributed by atoms with Gasteiger partial charge in [0.25, 0.3) is 0 Å². The van der Waals surface area contributed by atoms with Crippen LogP contribution in [-0.4, -0.2) is 18.9 Å². The van der Waals surface area contributed by atoms with Gasteiger partial charge in [0.05, 0.1) is 6.54 Å². The third kappa shape index (κ3) is 9.63. The summed E-state index contributed by atoms with van der Waals surface area (Å²) in [5.41, 5.74) is 0. The summed E-state index contributed by atoms with van der Waals surface area (Å²) in [6.07, 6.45) is 1.81. The summed E-state index contributed by atoms with van der Waals surface area (Å²) in [6, 6.07) is 0. The second-order valence-electron chi connectivity index (χ2n) is 1.82. The van der Waals surface area contributed by atoms with Crippen molar-refractivity contribution < 1.29 is 4.79 Å². The summed E-state index contributed by atoms with van der Waals surface area (Å²) in [5, 5.41) is 2.98. The van der Waals surface area contributed by atoms with Crippen molar-refractivity contribution in [2.24, 2.45) is 0 Å². The molecule has 0 aromatic heterocycles. The van der Waals surface area contributed by atoms with Crippen LogP contribution in [0.2, 0.25) is 0 Å². The minimum atomic E-state index is 0.353. The second kappa shape index (κ2) is 12.3. The molecule has 68 valence electrons. The maximum absolute atomic E-state index is 10.4. The molecule has 1 aliphatic heterocycles. The Morgan fingerprint density at radius 2 is 1.73 bits per heavy atom. The number of rotatable bonds is 0. The number of hydrogen-bond donors (Lipinski definition) is 1. The van der Waals surface area contributed by atoms with Crippen molar-refractivity contribution in [2.45, 2.75) is 40.5 Å². The van der Waals surface area contributed by atoms with E-state index in [1.54, 1.807) is 0 Å². The van der Waals surface area contributed by atoms with Gasteiger partial charge in [0.15, 0.2) is 0 Å². The number of Topliss-reactive ketones (excluding diaryl/α,β-unsaturated/α-hetero) is 1. The lowest BCUT2D eigenvalue weighted by Crippen LogP contribution is -2.29. The Morgan fingerprint density at radius 3 is 1.91 bits per heavy atom. The highest BCUT2D eigenvalue weighted by atomic mass is 16.1. The average molecular weight is 159 g/mol. The maximum atomic E-state index is 10.4. The van der Waals surface area contributed by atoms with Crippen LogP contribution in [0.25, 0.3) is 0 Å². The van der Waals surface area contributed by atoms with Crippen LogP contribution in [0.4, 0.5) is 0 Å². The molecule has 0 aromatic carbocycles. The van der Waals surface area contributed by atoms with Gasteiger partial charge in [0.1, 0.15) is 5.78 Å². The van der Waals surface area contributed by atoms with Crippen LogP contribution in [0.5, 0.6) is 0 Å². The fourth-order valence-electron chi connectivity index (χ4n) is 0.727. The van der Waals surface area contributed by atoms with Gasteiger partial charge in [-0.15, -0.1) is 0 Å². The van der Waals surface area contributed by atoms with Gasteiger partial charge < -0.3 is 5.32 Å². The predicted molar refractivity (Wildman–Crippen MR) is 49.8 cm³/mol. The summed E-state index contributed by atoms with van der Waals surface area (Å²) in [7, 11) is 0. The molecule has 0 aliphatic carbocycles. The van der Waals surface area contributed by atoms with Crippen molar-refractivity contribution in [1.82, 2.24) is 5.32 Å². The van der Waals surface area contributed by atoms with Crippen molar-refractivity contribution in [2.75, 3.05) is 13.1 Å². The Hall–Kier alpha value is -0.370. The van der Waals surface area contributed by atoms with Gasteiger partial charge in [-0.05, 0) is 13.0 Å². The topological polar surface area (TPSA) is 29.1 Å². The fourth-order valence-corrected chi connectivity index (χ4v) is 0.727. The van der Waals surface area contributed by atoms with Gasteiger partial charge in [-0.25, -0.2) is 0 Å². The van der Waals surface area contributed by atoms with Crippen molar-refractivity contribution in [3.8, 4) is 0 Å². The first-order valence-electron chi connectivity index (χ1n) is 4.62. The van der Waals surface area contributed by atoms with E-state index >= 15 is 0 Å². The van der Waals surface area contributed by atoms with E-state index in [0.29, 0.717) is 12.3 Å². The smallest absolute Gasteiger partial charge is 0.146 e. The van der Waals surface area contributed by atoms with Crippen molar-refractivity contribution in [3.05, 3.63) is 0 Å². The highest BCUT2D eigenvalue weighted by Gasteiger charge is 2.04. The normalized spacial score (nSPS) is 15.5. The first-order chi connectivity index (χ1) is 5.39. The van der Waals surface area contributed by atoms with Crippen molar-refractivity contribution in [1.29, 1.82) is 0 Å². The quantitative estimate of drug-likeness (QED) is 0.585. The molecule has 0 aromatic rings. The van der Waals surface area contributed by atoms with Crippen LogP contribution in [0.3, 0.4) is 0 Å². The van der Waals surface area contributed by atoms with Gasteiger partial charge >= 0.3 is 0 Å². The molecule has 2 nitrogen and oxygen atoms in total. The van der Waals surface area contributed by atoms with Crippen LogP contribution in [0.1, 0.15) is 40.5 Å². The molecule has 0 amide bonds. The van der Waals surface area contributed by atoms with Gasteiger partial charge in [-0.1, -0.05) is 27.7 Å². The Labute approximate surface area is 70.4 Å². The zero-order valence-electron chi connectivity index (χ0n) is 8.24. The highest BCUT2D eigenvalue weighted by molar-refractivity contribution is 5.80. The summed E-state index contributed by atoms with van der Waals surface area (Å²) >= 11 is 0. The minimum Gasteiger partial charge on any atom is -0.310 e. The van der Waals surface area contributed by atoms with Crippen LogP contribution in [-0.2, 0) is 4.79 Å². The molecule has 1 fully saturated rings. The number of piperidine rings is 1. The molecule has 0 unspecified atom stereocenters. The lowest BCUT2D eigenvalue weighted by Gasteiger charge is -2.08. The van der Waals surface area contributed by atoms with E-state index in [2.05, 4.69) is 5.32 Å². The third-order valence-corrected chi connectivity index (χ3v) is 1.13. The van der Waals surface area contributed by atoms with Crippen LogP contribution in [0.15, 0.2) is 0 Å². The summed E-state index contributed by atoms with van der Waals surface area (Å²) < 4.78 is 0. The van der Waals surface area contributed by atoms with E-state index < -0.39 is 0 Å². The summed E-state index contributed by atoms with van der Waals surface area (Å²) in [4.78, 5) is 10.4. The zero-order valence-corrected chi connectivity index (χ0v) is 8.24. The van der Waals surface area contributed by atoms with Gasteiger partial charge in [0, 0.05) is 6.42 Å². The number of carbonyl (C=O) groups excluding carboxylic acids is 1. The average Bonchev–Trinajstić information content (AvgIpc) is 2.13. The van der Waals surface area contributed by atoms with Crippen LogP contribution < -0.4 is 5.32 Å². The molecule has 1 saturated heterocycles. The van der Waals surface area contributed by atoms with E-state index in [9.17, 15) is 4.79 Å². The predicted octanol–water partition coefficient (Wildman–Crippen LogP) is 1.99. The lowest BCUT2D eigenvalue weighted by molar-refractivity contribution is -0.119. The molecular weight excluding hydrogens is 138 g/mol. The molecule has 2 heteroatoms. The van der Waals surface area contributed by atoms with E-state index in [1.807, 2.05) is 27.7 Å². The molecule has 11 heavy (non-hydrogen) atoms. The molecule has 1 rings (SSSR count). The molecule has 0 bridgehead atoms. The molecule has 0 saturated carbocycles. The Kier molecular flexibility index (Phi) is 14.8. The molecular formula is C9H21NO. The number of nitrogens with one attached hydrogen (secondary N) is 1. The molecule has 1 heterocycles. The maximum Gasteiger partial charge on any atom is 0.146 e. The molecule has 0 atom stereocenters. The number of carbonyl (C=O) groups is 1. The summed E-state index contributed by atoms with van der Waals surface area (Å²) in [6.45, 7) is 9.62. The fraction of sp³-hybridized carbons (Fsp3) is 0.889. The van der Waals surface area contributed by atoms with E-state index in [0.717, 1.165) is 19.4 Å². The van der Waals surface area contributed by atoms with E-state index in [4.69, 9.17) is 0 Å². The lowest BCUT2D eigenvalue weighted by atomic mass is 10.1. The third-order valence-electron chi connectivity index (χ3n) is 1.13. The van der Waals surface area contributed by atoms with Gasteiger partial charge in [0.2, 0.25) is 0 Å². The Bertz CT molecular complexity index is 73.6. The monoisotopic (exact) mass is 159 g/mol. The number of hydrogen-bond acceptors (Lipinski definition) is 2. The van der Waals surface area contributed by atoms with Gasteiger partial charge in [-0.2, -0.15) is 0 Å². The van der Waals surface area contributed by atoms with Crippen molar-refractivity contribution in [3.63, 3.8) is 0 Å². The van der Waals surface area contributed by atoms with Crippen LogP contribution >= 0.6 is 0 Å².